The maximum atomic E-state index is 12.2. The summed E-state index contributed by atoms with van der Waals surface area (Å²) in [5, 5.41) is 24.4. The van der Waals surface area contributed by atoms with E-state index in [0.29, 0.717) is 5.95 Å². The van der Waals surface area contributed by atoms with Crippen LogP contribution in [-0.2, 0) is 4.79 Å². The molecule has 0 spiro atoms. The van der Waals surface area contributed by atoms with E-state index in [1.54, 1.807) is 31.5 Å². The van der Waals surface area contributed by atoms with Crippen molar-refractivity contribution in [3.63, 3.8) is 0 Å². The molecule has 0 fully saturated rings. The lowest BCUT2D eigenvalue weighted by Gasteiger charge is -2.20. The summed E-state index contributed by atoms with van der Waals surface area (Å²) in [5.74, 6) is 0.201. The predicted octanol–water partition coefficient (Wildman–Crippen LogP) is 0.965. The summed E-state index contributed by atoms with van der Waals surface area (Å²) >= 11 is 0. The lowest BCUT2D eigenvalue weighted by Crippen LogP contribution is -2.44. The largest absolute Gasteiger partial charge is 0.389 e. The van der Waals surface area contributed by atoms with Crippen molar-refractivity contribution in [2.45, 2.75) is 32.4 Å². The second-order valence-corrected chi connectivity index (χ2v) is 6.38. The Kier molecular flexibility index (Phi) is 4.06. The Hall–Kier alpha value is -2.74. The number of anilines is 1. The third-order valence-corrected chi connectivity index (χ3v) is 3.59. The second kappa shape index (κ2) is 6.04. The Morgan fingerprint density at radius 1 is 1.38 bits per heavy atom. The van der Waals surface area contributed by atoms with E-state index < -0.39 is 11.6 Å². The van der Waals surface area contributed by atoms with Gasteiger partial charge in [-0.1, -0.05) is 23.4 Å². The van der Waals surface area contributed by atoms with E-state index in [9.17, 15) is 9.90 Å². The normalized spacial score (nSPS) is 13.2. The lowest BCUT2D eigenvalue weighted by atomic mass is 10.1. The molecule has 1 amide bonds. The number of carbonyl (C=O) groups is 1. The maximum Gasteiger partial charge on any atom is 0.242 e. The van der Waals surface area contributed by atoms with Gasteiger partial charge in [0, 0.05) is 11.9 Å². The fourth-order valence-electron chi connectivity index (χ4n) is 2.33. The Balaban J connectivity index is 1.86. The highest BCUT2D eigenvalue weighted by Crippen LogP contribution is 2.20. The zero-order valence-electron chi connectivity index (χ0n) is 13.8. The van der Waals surface area contributed by atoms with E-state index in [-0.39, 0.29) is 12.5 Å². The van der Waals surface area contributed by atoms with Gasteiger partial charge in [-0.25, -0.2) is 4.98 Å². The predicted molar refractivity (Wildman–Crippen MR) is 90.7 cm³/mol. The van der Waals surface area contributed by atoms with E-state index in [4.69, 9.17) is 0 Å². The van der Waals surface area contributed by atoms with Crippen LogP contribution in [0.5, 0.6) is 0 Å². The summed E-state index contributed by atoms with van der Waals surface area (Å²) in [4.78, 5) is 16.7. The number of fused-ring (bicyclic) bond motifs is 3. The van der Waals surface area contributed by atoms with Crippen molar-refractivity contribution in [1.82, 2.24) is 25.1 Å². The van der Waals surface area contributed by atoms with Crippen LogP contribution in [0.3, 0.4) is 0 Å². The number of rotatable bonds is 5. The van der Waals surface area contributed by atoms with Crippen LogP contribution in [0.15, 0.2) is 30.5 Å². The Morgan fingerprint density at radius 3 is 2.88 bits per heavy atom. The van der Waals surface area contributed by atoms with Crippen molar-refractivity contribution < 1.29 is 9.90 Å². The van der Waals surface area contributed by atoms with Crippen LogP contribution in [-0.4, -0.2) is 49.0 Å². The van der Waals surface area contributed by atoms with E-state index in [1.165, 1.54) is 0 Å². The molecule has 24 heavy (non-hydrogen) atoms. The molecule has 0 saturated carbocycles. The van der Waals surface area contributed by atoms with Gasteiger partial charge in [-0.15, -0.1) is 5.10 Å². The zero-order chi connectivity index (χ0) is 17.3. The van der Waals surface area contributed by atoms with Gasteiger partial charge in [0.25, 0.3) is 0 Å². The summed E-state index contributed by atoms with van der Waals surface area (Å²) in [7, 11) is 0. The summed E-state index contributed by atoms with van der Waals surface area (Å²) in [5.41, 5.74) is 0.640. The van der Waals surface area contributed by atoms with E-state index >= 15 is 0 Å². The first-order chi connectivity index (χ1) is 11.3. The van der Waals surface area contributed by atoms with Crippen molar-refractivity contribution in [2.75, 3.05) is 11.9 Å². The van der Waals surface area contributed by atoms with Crippen molar-refractivity contribution in [2.24, 2.45) is 0 Å². The van der Waals surface area contributed by atoms with Crippen molar-refractivity contribution in [3.05, 3.63) is 30.5 Å². The monoisotopic (exact) mass is 328 g/mol. The van der Waals surface area contributed by atoms with Gasteiger partial charge >= 0.3 is 0 Å². The van der Waals surface area contributed by atoms with Gasteiger partial charge in [0.2, 0.25) is 11.9 Å². The molecule has 0 radical (unpaired) electrons. The van der Waals surface area contributed by atoms with Gasteiger partial charge in [-0.3, -0.25) is 4.79 Å². The topological polar surface area (TPSA) is 104 Å². The number of para-hydroxylation sites is 1. The van der Waals surface area contributed by atoms with Crippen LogP contribution in [0.2, 0.25) is 0 Å². The zero-order valence-corrected chi connectivity index (χ0v) is 13.8. The first-order valence-corrected chi connectivity index (χ1v) is 7.71. The maximum absolute atomic E-state index is 12.2. The molecule has 1 atom stereocenters. The first kappa shape index (κ1) is 16.1. The van der Waals surface area contributed by atoms with Crippen molar-refractivity contribution >= 4 is 28.3 Å². The number of amides is 1. The molecule has 2 heterocycles. The second-order valence-electron chi connectivity index (χ2n) is 6.38. The van der Waals surface area contributed by atoms with Gasteiger partial charge in [0.15, 0.2) is 0 Å². The molecular formula is C16H20N6O2. The lowest BCUT2D eigenvalue weighted by molar-refractivity contribution is -0.122. The quantitative estimate of drug-likeness (QED) is 0.644. The summed E-state index contributed by atoms with van der Waals surface area (Å²) in [6.07, 6.45) is 1.66. The number of benzene rings is 1. The number of aromatic nitrogens is 4. The average molecular weight is 328 g/mol. The molecule has 8 nitrogen and oxygen atoms in total. The molecular weight excluding hydrogens is 308 g/mol. The SMILES string of the molecule is C[C@@H](Nc1nc2ccccc2c2cnnn12)C(=O)NCC(C)(C)O. The first-order valence-electron chi connectivity index (χ1n) is 7.71. The molecule has 2 aromatic heterocycles. The van der Waals surface area contributed by atoms with Crippen molar-refractivity contribution in [1.29, 1.82) is 0 Å². The van der Waals surface area contributed by atoms with Crippen LogP contribution < -0.4 is 10.6 Å². The minimum absolute atomic E-state index is 0.168. The highest BCUT2D eigenvalue weighted by molar-refractivity contribution is 5.94. The van der Waals surface area contributed by atoms with Crippen LogP contribution in [0.25, 0.3) is 16.4 Å². The van der Waals surface area contributed by atoms with Gasteiger partial charge in [0.05, 0.1) is 22.8 Å². The number of carbonyl (C=O) groups excluding carboxylic acids is 1. The summed E-state index contributed by atoms with van der Waals surface area (Å²) < 4.78 is 1.57. The Bertz CT molecular complexity index is 883. The standard InChI is InChI=1S/C16H20N6O2/c1-10(14(23)17-9-16(2,3)24)19-15-20-12-7-5-4-6-11(12)13-8-18-21-22(13)15/h4-8,10,24H,9H2,1-3H3,(H,17,23)(H,19,20)/t10-/m1/s1. The molecule has 0 unspecified atom stereocenters. The Morgan fingerprint density at radius 2 is 2.12 bits per heavy atom. The molecule has 0 aliphatic rings. The number of nitrogens with zero attached hydrogens (tertiary/aromatic N) is 4. The fraction of sp³-hybridized carbons (Fsp3) is 0.375. The van der Waals surface area contributed by atoms with E-state index in [1.807, 2.05) is 24.3 Å². The van der Waals surface area contributed by atoms with E-state index in [2.05, 4.69) is 25.9 Å². The number of hydrogen-bond donors (Lipinski definition) is 3. The van der Waals surface area contributed by atoms with Crippen LogP contribution >= 0.6 is 0 Å². The molecule has 1 aromatic carbocycles. The molecule has 3 N–H and O–H groups in total. The molecule has 0 saturated heterocycles. The molecule has 126 valence electrons. The van der Waals surface area contributed by atoms with Crippen LogP contribution in [0.4, 0.5) is 5.95 Å². The summed E-state index contributed by atoms with van der Waals surface area (Å²) in [6, 6.07) is 7.13. The molecule has 3 aromatic rings. The average Bonchev–Trinajstić information content (AvgIpc) is 3.02. The molecule has 3 rings (SSSR count). The molecule has 0 aliphatic heterocycles. The van der Waals surface area contributed by atoms with Gasteiger partial charge in [0.1, 0.15) is 6.04 Å². The number of hydrogen-bond acceptors (Lipinski definition) is 6. The van der Waals surface area contributed by atoms with Gasteiger partial charge in [-0.05, 0) is 26.8 Å². The minimum atomic E-state index is -0.963. The minimum Gasteiger partial charge on any atom is -0.389 e. The van der Waals surface area contributed by atoms with Crippen LogP contribution in [0, 0.1) is 0 Å². The van der Waals surface area contributed by atoms with Crippen molar-refractivity contribution in [3.8, 4) is 0 Å². The number of nitrogens with one attached hydrogen (secondary N) is 2. The highest BCUT2D eigenvalue weighted by Gasteiger charge is 2.19. The smallest absolute Gasteiger partial charge is 0.242 e. The molecule has 8 heteroatoms. The summed E-state index contributed by atoms with van der Waals surface area (Å²) in [6.45, 7) is 5.16. The third-order valence-electron chi connectivity index (χ3n) is 3.59. The van der Waals surface area contributed by atoms with Gasteiger partial charge in [-0.2, -0.15) is 4.52 Å². The number of aliphatic hydroxyl groups is 1. The third kappa shape index (κ3) is 3.28. The fourth-order valence-corrected chi connectivity index (χ4v) is 2.33. The Labute approximate surface area is 138 Å². The molecule has 0 aliphatic carbocycles. The van der Waals surface area contributed by atoms with Crippen LogP contribution in [0.1, 0.15) is 20.8 Å². The van der Waals surface area contributed by atoms with E-state index in [0.717, 1.165) is 16.4 Å². The highest BCUT2D eigenvalue weighted by atomic mass is 16.3. The molecule has 0 bridgehead atoms. The van der Waals surface area contributed by atoms with Gasteiger partial charge < -0.3 is 15.7 Å².